The summed E-state index contributed by atoms with van der Waals surface area (Å²) in [7, 11) is 0. The number of aliphatic carboxylic acids is 1. The largest absolute Gasteiger partial charge is 0.481 e. The third kappa shape index (κ3) is 1.62. The zero-order valence-corrected chi connectivity index (χ0v) is 8.53. The fraction of sp³-hybridized carbons (Fsp3) is 0.417. The molecule has 15 heavy (non-hydrogen) atoms. The van der Waals surface area contributed by atoms with Gasteiger partial charge in [-0.15, -0.1) is 0 Å². The molecule has 1 saturated carbocycles. The molecule has 1 N–H and O–H groups in total. The van der Waals surface area contributed by atoms with Gasteiger partial charge in [-0.2, -0.15) is 0 Å². The zero-order chi connectivity index (χ0) is 11.1. The van der Waals surface area contributed by atoms with Crippen molar-refractivity contribution in [3.05, 3.63) is 35.4 Å². The third-order valence-corrected chi connectivity index (χ3v) is 3.07. The number of hydrogen-bond acceptors (Lipinski definition) is 1. The van der Waals surface area contributed by atoms with Crippen LogP contribution in [0.3, 0.4) is 0 Å². The Hall–Kier alpha value is -1.38. The Kier molecular flexibility index (Phi) is 2.25. The zero-order valence-electron chi connectivity index (χ0n) is 8.53. The Morgan fingerprint density at radius 2 is 1.93 bits per heavy atom. The highest BCUT2D eigenvalue weighted by molar-refractivity contribution is 5.79. The van der Waals surface area contributed by atoms with Gasteiger partial charge in [-0.05, 0) is 25.3 Å². The first-order valence-corrected chi connectivity index (χ1v) is 5.00. The van der Waals surface area contributed by atoms with Crippen molar-refractivity contribution in [1.29, 1.82) is 0 Å². The van der Waals surface area contributed by atoms with E-state index in [0.717, 1.165) is 5.56 Å². The van der Waals surface area contributed by atoms with Gasteiger partial charge < -0.3 is 5.11 Å². The maximum absolute atomic E-state index is 14.0. The van der Waals surface area contributed by atoms with Crippen molar-refractivity contribution >= 4 is 5.97 Å². The molecule has 2 rings (SSSR count). The normalized spacial score (nSPS) is 19.6. The standard InChI is InChI=1S/C12H13FO2/c1-8-2-4-9(5-3-8)10(13)12(6-7-12)11(14)15/h2-5,10H,6-7H2,1H3,(H,14,15). The molecule has 2 nitrogen and oxygen atoms in total. The van der Waals surface area contributed by atoms with Gasteiger partial charge in [0.2, 0.25) is 0 Å². The van der Waals surface area contributed by atoms with Gasteiger partial charge in [0.25, 0.3) is 0 Å². The lowest BCUT2D eigenvalue weighted by atomic mass is 9.94. The fourth-order valence-electron chi connectivity index (χ4n) is 1.76. The highest BCUT2D eigenvalue weighted by Crippen LogP contribution is 2.56. The Balaban J connectivity index is 2.25. The van der Waals surface area contributed by atoms with E-state index >= 15 is 0 Å². The minimum Gasteiger partial charge on any atom is -0.481 e. The first-order chi connectivity index (χ1) is 7.06. The van der Waals surface area contributed by atoms with E-state index in [1.54, 1.807) is 24.3 Å². The van der Waals surface area contributed by atoms with Gasteiger partial charge in [0, 0.05) is 0 Å². The van der Waals surface area contributed by atoms with Gasteiger partial charge in [0.1, 0.15) is 11.6 Å². The first-order valence-electron chi connectivity index (χ1n) is 5.00. The molecule has 0 saturated heterocycles. The molecule has 1 aromatic carbocycles. The van der Waals surface area contributed by atoms with Crippen LogP contribution in [0.5, 0.6) is 0 Å². The van der Waals surface area contributed by atoms with E-state index in [4.69, 9.17) is 5.11 Å². The van der Waals surface area contributed by atoms with Crippen LogP contribution in [0.2, 0.25) is 0 Å². The smallest absolute Gasteiger partial charge is 0.312 e. The first kappa shape index (κ1) is 10.1. The number of aryl methyl sites for hydroxylation is 1. The van der Waals surface area contributed by atoms with E-state index < -0.39 is 17.6 Å². The number of rotatable bonds is 3. The topological polar surface area (TPSA) is 37.3 Å². The number of carboxylic acids is 1. The maximum atomic E-state index is 14.0. The molecule has 80 valence electrons. The molecule has 0 heterocycles. The molecule has 1 aliphatic carbocycles. The van der Waals surface area contributed by atoms with E-state index in [9.17, 15) is 9.18 Å². The molecule has 3 heteroatoms. The summed E-state index contributed by atoms with van der Waals surface area (Å²) in [6, 6.07) is 6.95. The minimum absolute atomic E-state index is 0.442. The molecule has 0 radical (unpaired) electrons. The molecular weight excluding hydrogens is 195 g/mol. The fourth-order valence-corrected chi connectivity index (χ4v) is 1.76. The van der Waals surface area contributed by atoms with E-state index in [1.165, 1.54) is 0 Å². The van der Waals surface area contributed by atoms with Crippen molar-refractivity contribution in [3.8, 4) is 0 Å². The second kappa shape index (κ2) is 3.33. The lowest BCUT2D eigenvalue weighted by Gasteiger charge is -2.15. The molecule has 1 fully saturated rings. The van der Waals surface area contributed by atoms with Crippen molar-refractivity contribution < 1.29 is 14.3 Å². The summed E-state index contributed by atoms with van der Waals surface area (Å²) in [5.74, 6) is -1.02. The summed E-state index contributed by atoms with van der Waals surface area (Å²) in [6.07, 6.45) is -0.495. The SMILES string of the molecule is Cc1ccc(C(F)C2(C(=O)O)CC2)cc1. The molecule has 1 unspecified atom stereocenters. The number of carboxylic acid groups (broad SMARTS) is 1. The predicted molar refractivity (Wildman–Crippen MR) is 54.3 cm³/mol. The monoisotopic (exact) mass is 208 g/mol. The maximum Gasteiger partial charge on any atom is 0.312 e. The van der Waals surface area contributed by atoms with E-state index in [1.807, 2.05) is 6.92 Å². The van der Waals surface area contributed by atoms with Gasteiger partial charge in [-0.1, -0.05) is 29.8 Å². The van der Waals surface area contributed by atoms with Crippen LogP contribution in [0, 0.1) is 12.3 Å². The Morgan fingerprint density at radius 3 is 2.33 bits per heavy atom. The molecule has 0 aromatic heterocycles. The summed E-state index contributed by atoms with van der Waals surface area (Å²) in [6.45, 7) is 1.92. The van der Waals surface area contributed by atoms with Crippen molar-refractivity contribution in [2.75, 3.05) is 0 Å². The average Bonchev–Trinajstić information content (AvgIpc) is 2.98. The summed E-state index contributed by atoms with van der Waals surface area (Å²) < 4.78 is 14.0. The molecular formula is C12H13FO2. The highest BCUT2D eigenvalue weighted by atomic mass is 19.1. The van der Waals surface area contributed by atoms with E-state index in [-0.39, 0.29) is 0 Å². The molecule has 1 aromatic rings. The molecule has 0 spiro atoms. The van der Waals surface area contributed by atoms with Crippen LogP contribution in [-0.4, -0.2) is 11.1 Å². The number of benzene rings is 1. The van der Waals surface area contributed by atoms with Gasteiger partial charge in [-0.3, -0.25) is 4.79 Å². The van der Waals surface area contributed by atoms with Crippen molar-refractivity contribution in [2.24, 2.45) is 5.41 Å². The van der Waals surface area contributed by atoms with Crippen LogP contribution in [0.25, 0.3) is 0 Å². The Morgan fingerprint density at radius 1 is 1.40 bits per heavy atom. The van der Waals surface area contributed by atoms with Crippen LogP contribution in [-0.2, 0) is 4.79 Å². The average molecular weight is 208 g/mol. The van der Waals surface area contributed by atoms with Crippen LogP contribution in [0.1, 0.15) is 30.1 Å². The molecule has 0 bridgehead atoms. The third-order valence-electron chi connectivity index (χ3n) is 3.07. The minimum atomic E-state index is -1.38. The van der Waals surface area contributed by atoms with Crippen LogP contribution >= 0.6 is 0 Å². The van der Waals surface area contributed by atoms with Crippen molar-refractivity contribution in [2.45, 2.75) is 25.9 Å². The lowest BCUT2D eigenvalue weighted by Crippen LogP contribution is -2.20. The molecule has 0 aliphatic heterocycles. The van der Waals surface area contributed by atoms with Gasteiger partial charge in [0.05, 0.1) is 0 Å². The molecule has 1 atom stereocenters. The van der Waals surface area contributed by atoms with Crippen LogP contribution in [0.15, 0.2) is 24.3 Å². The second-order valence-corrected chi connectivity index (χ2v) is 4.23. The molecule has 0 amide bonds. The van der Waals surface area contributed by atoms with Gasteiger partial charge in [0.15, 0.2) is 0 Å². The quantitative estimate of drug-likeness (QED) is 0.829. The summed E-state index contributed by atoms with van der Waals surface area (Å²) in [4.78, 5) is 10.9. The van der Waals surface area contributed by atoms with Crippen LogP contribution in [0.4, 0.5) is 4.39 Å². The number of carbonyl (C=O) groups is 1. The number of alkyl halides is 1. The van der Waals surface area contributed by atoms with Crippen LogP contribution < -0.4 is 0 Å². The van der Waals surface area contributed by atoms with E-state index in [0.29, 0.717) is 18.4 Å². The lowest BCUT2D eigenvalue weighted by molar-refractivity contribution is -0.146. The summed E-state index contributed by atoms with van der Waals surface area (Å²) in [5, 5.41) is 8.95. The Bertz CT molecular complexity index is 379. The highest BCUT2D eigenvalue weighted by Gasteiger charge is 2.57. The predicted octanol–water partition coefficient (Wildman–Crippen LogP) is 2.87. The Labute approximate surface area is 87.7 Å². The molecule has 1 aliphatic rings. The summed E-state index contributed by atoms with van der Waals surface area (Å²) in [5.41, 5.74) is 0.376. The van der Waals surface area contributed by atoms with Gasteiger partial charge in [-0.25, -0.2) is 4.39 Å². The second-order valence-electron chi connectivity index (χ2n) is 4.23. The van der Waals surface area contributed by atoms with Crippen molar-refractivity contribution in [1.82, 2.24) is 0 Å². The number of halogens is 1. The summed E-state index contributed by atoms with van der Waals surface area (Å²) >= 11 is 0. The van der Waals surface area contributed by atoms with Crippen molar-refractivity contribution in [3.63, 3.8) is 0 Å². The van der Waals surface area contributed by atoms with E-state index in [2.05, 4.69) is 0 Å². The number of hydrogen-bond donors (Lipinski definition) is 1. The van der Waals surface area contributed by atoms with Gasteiger partial charge >= 0.3 is 5.97 Å².